The molecule has 0 bridgehead atoms. The van der Waals surface area contributed by atoms with Gasteiger partial charge in [-0.15, -0.1) is 0 Å². The first-order valence-electron chi connectivity index (χ1n) is 8.47. The topological polar surface area (TPSA) is 83.0 Å². The Morgan fingerprint density at radius 1 is 1.16 bits per heavy atom. The van der Waals surface area contributed by atoms with Gasteiger partial charge in [-0.25, -0.2) is 13.2 Å². The average molecular weight is 357 g/mol. The van der Waals surface area contributed by atoms with E-state index in [1.807, 2.05) is 13.8 Å². The number of alkyl halides is 2. The quantitative estimate of drug-likeness (QED) is 0.751. The van der Waals surface area contributed by atoms with Gasteiger partial charge in [0.2, 0.25) is 11.9 Å². The molecule has 0 radical (unpaired) electrons. The van der Waals surface area contributed by atoms with Crippen LogP contribution in [0.3, 0.4) is 0 Å². The maximum atomic E-state index is 14.3. The fourth-order valence-electron chi connectivity index (χ4n) is 2.98. The predicted molar refractivity (Wildman–Crippen MR) is 88.1 cm³/mol. The van der Waals surface area contributed by atoms with Crippen LogP contribution in [0.1, 0.15) is 51.8 Å². The molecule has 0 amide bonds. The Hall–Kier alpha value is -1.90. The van der Waals surface area contributed by atoms with E-state index in [0.29, 0.717) is 19.3 Å². The highest BCUT2D eigenvalue weighted by Gasteiger charge is 2.45. The minimum atomic E-state index is -2.66. The third-order valence-corrected chi connectivity index (χ3v) is 4.23. The number of nitrogens with one attached hydrogen (secondary N) is 2. The molecule has 0 unspecified atom stereocenters. The van der Waals surface area contributed by atoms with Gasteiger partial charge in [0.25, 0.3) is 5.92 Å². The first-order chi connectivity index (χ1) is 11.7. The lowest BCUT2D eigenvalue weighted by Crippen LogP contribution is -2.44. The summed E-state index contributed by atoms with van der Waals surface area (Å²) in [5.41, 5.74) is 0.245. The number of hydrogen-bond donors (Lipinski definition) is 3. The lowest BCUT2D eigenvalue weighted by Gasteiger charge is -2.35. The van der Waals surface area contributed by atoms with Gasteiger partial charge in [-0.2, -0.15) is 15.0 Å². The predicted octanol–water partition coefficient (Wildman–Crippen LogP) is 3.13. The van der Waals surface area contributed by atoms with Crippen LogP contribution in [0, 0.1) is 0 Å². The van der Waals surface area contributed by atoms with E-state index in [2.05, 4.69) is 25.6 Å². The lowest BCUT2D eigenvalue weighted by molar-refractivity contribution is -0.0794. The number of aliphatic hydroxyl groups excluding tert-OH is 1. The van der Waals surface area contributed by atoms with Crippen LogP contribution in [0.15, 0.2) is 5.83 Å². The summed E-state index contributed by atoms with van der Waals surface area (Å²) >= 11 is 0. The molecule has 0 spiro atoms. The van der Waals surface area contributed by atoms with Gasteiger partial charge in [0.15, 0.2) is 5.82 Å². The van der Waals surface area contributed by atoms with Crippen LogP contribution in [0.2, 0.25) is 0 Å². The van der Waals surface area contributed by atoms with E-state index >= 15 is 0 Å². The second-order valence-corrected chi connectivity index (χ2v) is 6.95. The number of aliphatic hydroxyl groups is 1. The molecule has 1 heterocycles. The second-order valence-electron chi connectivity index (χ2n) is 6.95. The van der Waals surface area contributed by atoms with Gasteiger partial charge in [0.05, 0.1) is 0 Å². The van der Waals surface area contributed by atoms with Crippen molar-refractivity contribution in [2.75, 3.05) is 10.6 Å². The van der Waals surface area contributed by atoms with Crippen molar-refractivity contribution in [2.45, 2.75) is 70.1 Å². The third-order valence-electron chi connectivity index (χ3n) is 4.23. The number of halogens is 3. The van der Waals surface area contributed by atoms with E-state index in [9.17, 15) is 18.3 Å². The molecular formula is C16H22F3N5O. The molecule has 2 aliphatic rings. The van der Waals surface area contributed by atoms with Crippen molar-refractivity contribution in [3.05, 3.63) is 11.7 Å². The molecule has 9 heteroatoms. The zero-order chi connectivity index (χ0) is 18.2. The molecule has 1 saturated carbocycles. The SMILES string of the molecule is CC(C)Nc1nc(NC2CC(F)(F)C2)nc(C2=C(F)[C@@H](O)CCC2)n1. The molecule has 25 heavy (non-hydrogen) atoms. The van der Waals surface area contributed by atoms with Crippen molar-refractivity contribution in [3.8, 4) is 0 Å². The van der Waals surface area contributed by atoms with Crippen LogP contribution < -0.4 is 10.6 Å². The van der Waals surface area contributed by atoms with E-state index in [-0.39, 0.29) is 42.2 Å². The molecule has 0 aromatic carbocycles. The summed E-state index contributed by atoms with van der Waals surface area (Å²) in [6.07, 6.45) is -0.314. The van der Waals surface area contributed by atoms with Crippen molar-refractivity contribution >= 4 is 17.5 Å². The zero-order valence-electron chi connectivity index (χ0n) is 14.2. The van der Waals surface area contributed by atoms with Crippen LogP contribution in [0.4, 0.5) is 25.1 Å². The summed E-state index contributed by atoms with van der Waals surface area (Å²) in [4.78, 5) is 12.6. The summed E-state index contributed by atoms with van der Waals surface area (Å²) in [7, 11) is 0. The minimum absolute atomic E-state index is 0.0342. The zero-order valence-corrected chi connectivity index (χ0v) is 14.2. The van der Waals surface area contributed by atoms with E-state index in [0.717, 1.165) is 0 Å². The molecule has 0 saturated heterocycles. The van der Waals surface area contributed by atoms with E-state index in [1.165, 1.54) is 0 Å². The Labute approximate surface area is 144 Å². The Balaban J connectivity index is 1.89. The Morgan fingerprint density at radius 2 is 1.84 bits per heavy atom. The standard InChI is InChI=1S/C16H22F3N5O/c1-8(2)20-14-22-13(10-4-3-5-11(25)12(10)17)23-15(24-14)21-9-6-16(18,19)7-9/h8-9,11,25H,3-7H2,1-2H3,(H2,20,21,22,23,24)/t11-/m0/s1. The number of hydrogen-bond acceptors (Lipinski definition) is 6. The highest BCUT2D eigenvalue weighted by Crippen LogP contribution is 2.39. The van der Waals surface area contributed by atoms with E-state index in [1.54, 1.807) is 0 Å². The van der Waals surface area contributed by atoms with Crippen molar-refractivity contribution in [1.82, 2.24) is 15.0 Å². The molecule has 6 nitrogen and oxygen atoms in total. The van der Waals surface area contributed by atoms with Gasteiger partial charge in [-0.05, 0) is 33.1 Å². The summed E-state index contributed by atoms with van der Waals surface area (Å²) < 4.78 is 40.3. The molecule has 0 aliphatic heterocycles. The van der Waals surface area contributed by atoms with Crippen molar-refractivity contribution in [2.24, 2.45) is 0 Å². The normalized spacial score (nSPS) is 23.6. The summed E-state index contributed by atoms with van der Waals surface area (Å²) in [5, 5.41) is 15.6. The van der Waals surface area contributed by atoms with Gasteiger partial charge in [-0.1, -0.05) is 0 Å². The summed E-state index contributed by atoms with van der Waals surface area (Å²) in [5.74, 6) is -2.78. The minimum Gasteiger partial charge on any atom is -0.386 e. The lowest BCUT2D eigenvalue weighted by atomic mass is 9.88. The fraction of sp³-hybridized carbons (Fsp3) is 0.688. The van der Waals surface area contributed by atoms with Gasteiger partial charge < -0.3 is 15.7 Å². The maximum Gasteiger partial charge on any atom is 0.252 e. The molecule has 3 N–H and O–H groups in total. The second kappa shape index (κ2) is 6.78. The highest BCUT2D eigenvalue weighted by atomic mass is 19.3. The van der Waals surface area contributed by atoms with Crippen molar-refractivity contribution in [1.29, 1.82) is 0 Å². The van der Waals surface area contributed by atoms with Crippen molar-refractivity contribution < 1.29 is 18.3 Å². The number of rotatable bonds is 5. The van der Waals surface area contributed by atoms with Gasteiger partial charge in [0, 0.05) is 30.5 Å². The number of nitrogens with zero attached hydrogens (tertiary/aromatic N) is 3. The third kappa shape index (κ3) is 4.20. The molecule has 138 valence electrons. The molecule has 3 rings (SSSR count). The number of anilines is 2. The molecular weight excluding hydrogens is 335 g/mol. The molecule has 2 aliphatic carbocycles. The molecule has 1 aromatic heterocycles. The van der Waals surface area contributed by atoms with Gasteiger partial charge in [0.1, 0.15) is 11.9 Å². The Morgan fingerprint density at radius 3 is 2.48 bits per heavy atom. The summed E-state index contributed by atoms with van der Waals surface area (Å²) in [6.45, 7) is 3.79. The highest BCUT2D eigenvalue weighted by molar-refractivity contribution is 5.65. The number of aromatic nitrogens is 3. The largest absolute Gasteiger partial charge is 0.386 e. The van der Waals surface area contributed by atoms with Crippen molar-refractivity contribution in [3.63, 3.8) is 0 Å². The fourth-order valence-corrected chi connectivity index (χ4v) is 2.98. The molecule has 1 aromatic rings. The Kier molecular flexibility index (Phi) is 4.86. The van der Waals surface area contributed by atoms with Crippen LogP contribution in [0.25, 0.3) is 5.57 Å². The van der Waals surface area contributed by atoms with Gasteiger partial charge in [-0.3, -0.25) is 0 Å². The number of allylic oxidation sites excluding steroid dienone is 1. The average Bonchev–Trinajstić information content (AvgIpc) is 2.47. The van der Waals surface area contributed by atoms with Crippen LogP contribution in [-0.4, -0.2) is 44.2 Å². The first-order valence-corrected chi connectivity index (χ1v) is 8.47. The summed E-state index contributed by atoms with van der Waals surface area (Å²) in [6, 6.07) is -0.389. The monoisotopic (exact) mass is 357 g/mol. The van der Waals surface area contributed by atoms with Gasteiger partial charge >= 0.3 is 0 Å². The first kappa shape index (κ1) is 17.9. The van der Waals surface area contributed by atoms with E-state index in [4.69, 9.17) is 0 Å². The maximum absolute atomic E-state index is 14.3. The smallest absolute Gasteiger partial charge is 0.252 e. The van der Waals surface area contributed by atoms with Crippen LogP contribution in [0.5, 0.6) is 0 Å². The van der Waals surface area contributed by atoms with E-state index < -0.39 is 23.9 Å². The Bertz CT molecular complexity index is 672. The molecule has 1 fully saturated rings. The molecule has 1 atom stereocenters. The van der Waals surface area contributed by atoms with Crippen LogP contribution >= 0.6 is 0 Å². The van der Waals surface area contributed by atoms with Crippen LogP contribution in [-0.2, 0) is 0 Å².